The van der Waals surface area contributed by atoms with Crippen molar-refractivity contribution >= 4 is 16.9 Å². The van der Waals surface area contributed by atoms with Gasteiger partial charge in [-0.05, 0) is 60.0 Å². The van der Waals surface area contributed by atoms with Gasteiger partial charge in [-0.15, -0.1) is 0 Å². The van der Waals surface area contributed by atoms with E-state index >= 15 is 0 Å². The largest absolute Gasteiger partial charge is 0.490 e. The number of hydrogen-bond donors (Lipinski definition) is 2. The number of halogens is 4. The number of nitrogens with one attached hydrogen (secondary N) is 1. The molecule has 1 saturated heterocycles. The summed E-state index contributed by atoms with van der Waals surface area (Å²) in [5.74, 6) is -2.08. The number of carbonyl (C=O) groups is 1. The van der Waals surface area contributed by atoms with Crippen LogP contribution in [0.3, 0.4) is 0 Å². The molecule has 1 atom stereocenters. The molecule has 1 unspecified atom stereocenters. The molecule has 1 fully saturated rings. The highest BCUT2D eigenvalue weighted by Gasteiger charge is 2.38. The lowest BCUT2D eigenvalue weighted by Gasteiger charge is -2.37. The second kappa shape index (κ2) is 10.5. The molecule has 2 aromatic carbocycles. The normalized spacial score (nSPS) is 15.9. The Morgan fingerprint density at radius 2 is 1.67 bits per heavy atom. The Balaban J connectivity index is 0.000000384. The van der Waals surface area contributed by atoms with Crippen LogP contribution in [-0.4, -0.2) is 65.3 Å². The molecule has 36 heavy (non-hydrogen) atoms. The Morgan fingerprint density at radius 1 is 1.00 bits per heavy atom. The Hall–Kier alpha value is -3.63. The molecule has 2 N–H and O–H groups in total. The lowest BCUT2D eigenvalue weighted by molar-refractivity contribution is -0.192. The van der Waals surface area contributed by atoms with Gasteiger partial charge in [0.25, 0.3) is 0 Å². The van der Waals surface area contributed by atoms with Crippen molar-refractivity contribution in [3.8, 4) is 11.1 Å². The molecule has 1 aliphatic heterocycles. The molecule has 4 aromatic rings. The molecule has 0 radical (unpaired) electrons. The number of aromatic amines is 1. The van der Waals surface area contributed by atoms with Gasteiger partial charge in [0.2, 0.25) is 0 Å². The number of benzene rings is 2. The molecule has 5 rings (SSSR count). The van der Waals surface area contributed by atoms with Crippen LogP contribution in [0.5, 0.6) is 0 Å². The topological polar surface area (TPSA) is 72.7 Å². The second-order valence-corrected chi connectivity index (χ2v) is 8.61. The predicted molar refractivity (Wildman–Crippen MR) is 127 cm³/mol. The molecule has 2 aromatic heterocycles. The van der Waals surface area contributed by atoms with Crippen LogP contribution in [0.2, 0.25) is 0 Å². The van der Waals surface area contributed by atoms with Gasteiger partial charge in [0, 0.05) is 43.5 Å². The number of aliphatic carboxylic acids is 1. The maximum Gasteiger partial charge on any atom is 0.490 e. The van der Waals surface area contributed by atoms with Gasteiger partial charge < -0.3 is 19.4 Å². The number of hydrogen-bond acceptors (Lipinski definition) is 4. The third-order valence-corrected chi connectivity index (χ3v) is 6.11. The van der Waals surface area contributed by atoms with Gasteiger partial charge in [-0.3, -0.25) is 4.90 Å². The number of furan rings is 1. The third kappa shape index (κ3) is 5.95. The molecule has 190 valence electrons. The SMILES string of the molecule is CN1CCN(C(c2ccc(F)cc2)c2cc(-c3ccc4[nH]ccc4c3)co2)CC1.O=C(O)C(F)(F)F. The van der Waals surface area contributed by atoms with Gasteiger partial charge in [0.05, 0.1) is 12.3 Å². The Bertz CT molecular complexity index is 1310. The summed E-state index contributed by atoms with van der Waals surface area (Å²) < 4.78 is 51.3. The number of likely N-dealkylation sites (N-methyl/N-ethyl adjacent to an activating group) is 1. The van der Waals surface area contributed by atoms with Crippen molar-refractivity contribution in [2.45, 2.75) is 12.2 Å². The number of alkyl halides is 3. The van der Waals surface area contributed by atoms with E-state index < -0.39 is 12.1 Å². The van der Waals surface area contributed by atoms with Crippen molar-refractivity contribution in [3.05, 3.63) is 84.2 Å². The summed E-state index contributed by atoms with van der Waals surface area (Å²) in [6, 6.07) is 17.3. The van der Waals surface area contributed by atoms with Crippen molar-refractivity contribution in [1.82, 2.24) is 14.8 Å². The fourth-order valence-corrected chi connectivity index (χ4v) is 4.16. The van der Waals surface area contributed by atoms with Crippen LogP contribution in [-0.2, 0) is 4.79 Å². The second-order valence-electron chi connectivity index (χ2n) is 8.61. The first-order chi connectivity index (χ1) is 17.1. The average Bonchev–Trinajstić information content (AvgIpc) is 3.51. The summed E-state index contributed by atoms with van der Waals surface area (Å²) in [4.78, 5) is 16.9. The smallest absolute Gasteiger partial charge is 0.475 e. The number of fused-ring (bicyclic) bond motifs is 1. The highest BCUT2D eigenvalue weighted by molar-refractivity contribution is 5.84. The first-order valence-electron chi connectivity index (χ1n) is 11.3. The van der Waals surface area contributed by atoms with E-state index in [1.54, 1.807) is 0 Å². The van der Waals surface area contributed by atoms with Crippen molar-refractivity contribution < 1.29 is 31.9 Å². The van der Waals surface area contributed by atoms with Crippen LogP contribution in [0.4, 0.5) is 17.6 Å². The van der Waals surface area contributed by atoms with Gasteiger partial charge in [-0.2, -0.15) is 13.2 Å². The fourth-order valence-electron chi connectivity index (χ4n) is 4.16. The maximum absolute atomic E-state index is 13.5. The minimum Gasteiger partial charge on any atom is -0.475 e. The highest BCUT2D eigenvalue weighted by Crippen LogP contribution is 2.34. The molecule has 0 spiro atoms. The number of piperazine rings is 1. The summed E-state index contributed by atoms with van der Waals surface area (Å²) in [6.07, 6.45) is -1.30. The zero-order valence-corrected chi connectivity index (χ0v) is 19.4. The molecule has 1 aliphatic rings. The predicted octanol–water partition coefficient (Wildman–Crippen LogP) is 5.54. The van der Waals surface area contributed by atoms with Gasteiger partial charge in [0.1, 0.15) is 11.6 Å². The standard InChI is InChI=1S/C24H24FN3O.C2HF3O2/c1-27-10-12-28(13-11-27)24(17-2-5-21(25)6-3-17)23-15-20(16-29-23)18-4-7-22-19(14-18)8-9-26-22;3-2(4,5)1(6)7/h2-9,14-16,24,26H,10-13H2,1H3;(H,6,7). The van der Waals surface area contributed by atoms with Gasteiger partial charge >= 0.3 is 12.1 Å². The molecule has 0 saturated carbocycles. The van der Waals surface area contributed by atoms with E-state index in [9.17, 15) is 17.6 Å². The monoisotopic (exact) mass is 503 g/mol. The number of H-pyrrole nitrogens is 1. The first kappa shape index (κ1) is 25.5. The van der Waals surface area contributed by atoms with Crippen molar-refractivity contribution in [2.24, 2.45) is 0 Å². The molecular weight excluding hydrogens is 478 g/mol. The van der Waals surface area contributed by atoms with E-state index in [0.29, 0.717) is 0 Å². The van der Waals surface area contributed by atoms with Crippen molar-refractivity contribution in [1.29, 1.82) is 0 Å². The van der Waals surface area contributed by atoms with Crippen LogP contribution in [0.25, 0.3) is 22.0 Å². The lowest BCUT2D eigenvalue weighted by atomic mass is 10.00. The summed E-state index contributed by atoms with van der Waals surface area (Å²) >= 11 is 0. The van der Waals surface area contributed by atoms with Gasteiger partial charge in [-0.1, -0.05) is 18.2 Å². The van der Waals surface area contributed by atoms with Crippen LogP contribution in [0.1, 0.15) is 17.4 Å². The maximum atomic E-state index is 13.5. The van der Waals surface area contributed by atoms with E-state index in [-0.39, 0.29) is 11.9 Å². The Kier molecular flexibility index (Phi) is 7.46. The van der Waals surface area contributed by atoms with Crippen LogP contribution >= 0.6 is 0 Å². The van der Waals surface area contributed by atoms with Crippen LogP contribution in [0, 0.1) is 5.82 Å². The lowest BCUT2D eigenvalue weighted by Crippen LogP contribution is -2.46. The van der Waals surface area contributed by atoms with Crippen LogP contribution < -0.4 is 0 Å². The number of carboxylic acids is 1. The number of nitrogens with zero attached hydrogens (tertiary/aromatic N) is 2. The minimum absolute atomic E-state index is 0.0194. The summed E-state index contributed by atoms with van der Waals surface area (Å²) in [5.41, 5.74) is 4.37. The van der Waals surface area contributed by atoms with Crippen molar-refractivity contribution in [3.63, 3.8) is 0 Å². The molecular formula is C26H25F4N3O3. The van der Waals surface area contributed by atoms with E-state index in [4.69, 9.17) is 14.3 Å². The number of aromatic nitrogens is 1. The zero-order chi connectivity index (χ0) is 25.9. The molecule has 6 nitrogen and oxygen atoms in total. The van der Waals surface area contributed by atoms with Crippen LogP contribution in [0.15, 0.2) is 71.5 Å². The molecule has 0 amide bonds. The average molecular weight is 503 g/mol. The third-order valence-electron chi connectivity index (χ3n) is 6.11. The van der Waals surface area contributed by atoms with Gasteiger partial charge in [-0.25, -0.2) is 9.18 Å². The van der Waals surface area contributed by atoms with Gasteiger partial charge in [0.15, 0.2) is 0 Å². The molecule has 0 bridgehead atoms. The minimum atomic E-state index is -5.08. The van der Waals surface area contributed by atoms with E-state index in [1.165, 1.54) is 17.5 Å². The molecule has 10 heteroatoms. The van der Waals surface area contributed by atoms with E-state index in [0.717, 1.165) is 54.1 Å². The quantitative estimate of drug-likeness (QED) is 0.358. The van der Waals surface area contributed by atoms with E-state index in [2.05, 4.69) is 52.2 Å². The summed E-state index contributed by atoms with van der Waals surface area (Å²) in [5, 5.41) is 8.31. The molecule has 0 aliphatic carbocycles. The van der Waals surface area contributed by atoms with E-state index in [1.807, 2.05) is 24.6 Å². The first-order valence-corrected chi connectivity index (χ1v) is 11.3. The summed E-state index contributed by atoms with van der Waals surface area (Å²) in [7, 11) is 2.15. The highest BCUT2D eigenvalue weighted by atomic mass is 19.4. The Morgan fingerprint density at radius 3 is 2.31 bits per heavy atom. The molecule has 3 heterocycles. The fraction of sp³-hybridized carbons (Fsp3) is 0.269. The zero-order valence-electron chi connectivity index (χ0n) is 19.4. The summed E-state index contributed by atoms with van der Waals surface area (Å²) in [6.45, 7) is 3.92. The number of carboxylic acid groups (broad SMARTS) is 1. The Labute approximate surface area is 204 Å². The van der Waals surface area contributed by atoms with Crippen molar-refractivity contribution in [2.75, 3.05) is 33.2 Å². The number of rotatable bonds is 4.